The lowest BCUT2D eigenvalue weighted by molar-refractivity contribution is -0.116. The van der Waals surface area contributed by atoms with Crippen LogP contribution >= 0.6 is 0 Å². The van der Waals surface area contributed by atoms with Gasteiger partial charge in [-0.2, -0.15) is 0 Å². The summed E-state index contributed by atoms with van der Waals surface area (Å²) < 4.78 is 0. The van der Waals surface area contributed by atoms with Gasteiger partial charge in [0.05, 0.1) is 6.19 Å². The van der Waals surface area contributed by atoms with E-state index in [9.17, 15) is 9.59 Å². The quantitative estimate of drug-likeness (QED) is 0.352. The van der Waals surface area contributed by atoms with Crippen LogP contribution in [0.3, 0.4) is 0 Å². The first kappa shape index (κ1) is 6.48. The van der Waals surface area contributed by atoms with Crippen molar-refractivity contribution < 1.29 is 9.59 Å². The molecule has 0 unspecified atom stereocenters. The molecule has 1 saturated heterocycles. The van der Waals surface area contributed by atoms with Gasteiger partial charge >= 0.3 is 0 Å². The maximum absolute atomic E-state index is 10.6. The fourth-order valence-electron chi connectivity index (χ4n) is 0.866. The smallest absolute Gasteiger partial charge is 0.293 e. The number of Topliss-reactive ketones (excluding diaryl/α,β-unsaturated/α-hetero) is 1. The van der Waals surface area contributed by atoms with Crippen molar-refractivity contribution in [3.8, 4) is 0 Å². The Labute approximate surface area is 54.3 Å². The van der Waals surface area contributed by atoms with Crippen LogP contribution < -0.4 is 0 Å². The Hall–Kier alpha value is -0.635. The van der Waals surface area contributed by atoms with Gasteiger partial charge in [0.1, 0.15) is 5.78 Å². The molecule has 1 radical (unpaired) electrons. The van der Waals surface area contributed by atoms with E-state index >= 15 is 0 Å². The molecular weight excluding hydrogens is 117 g/mol. The standard InChI is InChI=1S/C5H7BNO2/c8-4-6-7-2-1-5(9)3-7/h4H,1-3H2. The molecule has 0 aromatic rings. The molecule has 0 spiro atoms. The van der Waals surface area contributed by atoms with E-state index in [4.69, 9.17) is 0 Å². The van der Waals surface area contributed by atoms with Gasteiger partial charge in [0, 0.05) is 13.0 Å². The highest BCUT2D eigenvalue weighted by molar-refractivity contribution is 6.64. The van der Waals surface area contributed by atoms with Gasteiger partial charge in [-0.05, 0) is 6.54 Å². The highest BCUT2D eigenvalue weighted by Gasteiger charge is 2.18. The Morgan fingerprint density at radius 2 is 2.44 bits per heavy atom. The van der Waals surface area contributed by atoms with Crippen LogP contribution in [-0.4, -0.2) is 37.3 Å². The van der Waals surface area contributed by atoms with Gasteiger partial charge < -0.3 is 9.61 Å². The average Bonchev–Trinajstić information content (AvgIpc) is 2.17. The Morgan fingerprint density at radius 3 is 2.89 bits per heavy atom. The van der Waals surface area contributed by atoms with E-state index in [1.807, 2.05) is 0 Å². The number of hydrogen-bond donors (Lipinski definition) is 0. The topological polar surface area (TPSA) is 37.4 Å². The van der Waals surface area contributed by atoms with E-state index < -0.39 is 0 Å². The second-order valence-corrected chi connectivity index (χ2v) is 2.04. The minimum atomic E-state index is 0.216. The molecule has 1 fully saturated rings. The molecule has 0 N–H and O–H groups in total. The number of hydrogen-bond acceptors (Lipinski definition) is 3. The third-order valence-electron chi connectivity index (χ3n) is 1.33. The lowest BCUT2D eigenvalue weighted by Gasteiger charge is -2.04. The number of ketones is 1. The summed E-state index contributed by atoms with van der Waals surface area (Å²) in [6.07, 6.45) is 1.29. The van der Waals surface area contributed by atoms with Crippen molar-refractivity contribution in [2.24, 2.45) is 0 Å². The summed E-state index contributed by atoms with van der Waals surface area (Å²) in [6, 6.07) is 0. The van der Waals surface area contributed by atoms with Crippen LogP contribution in [0.2, 0.25) is 0 Å². The molecule has 3 nitrogen and oxygen atoms in total. The summed E-state index contributed by atoms with van der Waals surface area (Å²) in [4.78, 5) is 22.1. The van der Waals surface area contributed by atoms with Crippen LogP contribution in [0.1, 0.15) is 6.42 Å². The molecule has 47 valence electrons. The van der Waals surface area contributed by atoms with E-state index in [0.29, 0.717) is 25.7 Å². The third-order valence-corrected chi connectivity index (χ3v) is 1.33. The van der Waals surface area contributed by atoms with E-state index in [1.54, 1.807) is 4.81 Å². The van der Waals surface area contributed by atoms with Gasteiger partial charge in [0.2, 0.25) is 0 Å². The molecule has 4 heteroatoms. The van der Waals surface area contributed by atoms with Gasteiger partial charge in [-0.25, -0.2) is 0 Å². The van der Waals surface area contributed by atoms with Crippen molar-refractivity contribution in [1.29, 1.82) is 0 Å². The molecular formula is C5H7BNO2. The van der Waals surface area contributed by atoms with Crippen molar-refractivity contribution in [3.05, 3.63) is 0 Å². The van der Waals surface area contributed by atoms with Crippen molar-refractivity contribution >= 4 is 19.4 Å². The van der Waals surface area contributed by atoms with Crippen LogP contribution in [-0.2, 0) is 9.59 Å². The molecule has 1 heterocycles. The summed E-state index contributed by atoms with van der Waals surface area (Å²) in [7, 11) is 1.41. The van der Waals surface area contributed by atoms with E-state index in [0.717, 1.165) is 0 Å². The molecule has 1 rings (SSSR count). The highest BCUT2D eigenvalue weighted by atomic mass is 16.1. The zero-order valence-electron chi connectivity index (χ0n) is 5.04. The second kappa shape index (κ2) is 2.78. The zero-order chi connectivity index (χ0) is 6.69. The number of rotatable bonds is 2. The first-order valence-corrected chi connectivity index (χ1v) is 2.87. The first-order valence-electron chi connectivity index (χ1n) is 2.87. The van der Waals surface area contributed by atoms with Gasteiger partial charge in [0.15, 0.2) is 0 Å². The van der Waals surface area contributed by atoms with E-state index in [-0.39, 0.29) is 5.78 Å². The van der Waals surface area contributed by atoms with E-state index in [1.165, 1.54) is 7.41 Å². The highest BCUT2D eigenvalue weighted by Crippen LogP contribution is 1.99. The Morgan fingerprint density at radius 1 is 1.67 bits per heavy atom. The molecule has 0 amide bonds. The van der Waals surface area contributed by atoms with Crippen LogP contribution in [0.5, 0.6) is 0 Å². The fraction of sp³-hybridized carbons (Fsp3) is 0.600. The molecule has 0 saturated carbocycles. The van der Waals surface area contributed by atoms with Crippen molar-refractivity contribution in [2.45, 2.75) is 6.42 Å². The van der Waals surface area contributed by atoms with Crippen molar-refractivity contribution in [2.75, 3.05) is 13.1 Å². The molecule has 0 aliphatic carbocycles. The number of nitrogens with zero attached hydrogens (tertiary/aromatic N) is 1. The molecule has 0 bridgehead atoms. The Balaban J connectivity index is 2.29. The van der Waals surface area contributed by atoms with Gasteiger partial charge in [-0.15, -0.1) is 0 Å². The van der Waals surface area contributed by atoms with Crippen molar-refractivity contribution in [1.82, 2.24) is 4.81 Å². The Bertz CT molecular complexity index is 137. The SMILES string of the molecule is O=C[B]N1CCC(=O)C1. The predicted molar refractivity (Wildman–Crippen MR) is 33.7 cm³/mol. The molecule has 0 aromatic carbocycles. The zero-order valence-corrected chi connectivity index (χ0v) is 5.04. The van der Waals surface area contributed by atoms with Crippen LogP contribution in [0.15, 0.2) is 0 Å². The minimum Gasteiger partial charge on any atom is -0.333 e. The van der Waals surface area contributed by atoms with Gasteiger partial charge in [-0.3, -0.25) is 4.79 Å². The Kier molecular flexibility index (Phi) is 2.00. The van der Waals surface area contributed by atoms with Gasteiger partial charge in [0.25, 0.3) is 7.41 Å². The maximum atomic E-state index is 10.6. The van der Waals surface area contributed by atoms with Crippen molar-refractivity contribution in [3.63, 3.8) is 0 Å². The largest absolute Gasteiger partial charge is 0.333 e. The second-order valence-electron chi connectivity index (χ2n) is 2.04. The van der Waals surface area contributed by atoms with E-state index in [2.05, 4.69) is 0 Å². The maximum Gasteiger partial charge on any atom is 0.293 e. The van der Waals surface area contributed by atoms with Crippen LogP contribution in [0.4, 0.5) is 0 Å². The minimum absolute atomic E-state index is 0.216. The summed E-state index contributed by atoms with van der Waals surface area (Å²) in [5.74, 6) is 0.216. The lowest BCUT2D eigenvalue weighted by atomic mass is 9.96. The molecule has 1 aliphatic rings. The number of carbonyl (C=O) groups is 2. The molecule has 9 heavy (non-hydrogen) atoms. The van der Waals surface area contributed by atoms with Crippen LogP contribution in [0.25, 0.3) is 0 Å². The first-order chi connectivity index (χ1) is 4.33. The summed E-state index contributed by atoms with van der Waals surface area (Å²) in [5, 5.41) is 0. The number of carbonyl (C=O) groups excluding carboxylic acids is 2. The molecule has 0 atom stereocenters. The van der Waals surface area contributed by atoms with Gasteiger partial charge in [-0.1, -0.05) is 0 Å². The average molecular weight is 124 g/mol. The monoisotopic (exact) mass is 124 g/mol. The molecule has 1 aliphatic heterocycles. The predicted octanol–water partition coefficient (Wildman–Crippen LogP) is -0.929. The van der Waals surface area contributed by atoms with Crippen LogP contribution in [0, 0.1) is 0 Å². The fourth-order valence-corrected chi connectivity index (χ4v) is 0.866. The summed E-state index contributed by atoms with van der Waals surface area (Å²) in [5.41, 5.74) is 0. The molecule has 0 aromatic heterocycles. The third kappa shape index (κ3) is 1.64. The lowest BCUT2D eigenvalue weighted by Crippen LogP contribution is -2.26. The summed E-state index contributed by atoms with van der Waals surface area (Å²) in [6.45, 7) is 1.12. The summed E-state index contributed by atoms with van der Waals surface area (Å²) >= 11 is 0. The normalized spacial score (nSPS) is 20.2.